The van der Waals surface area contributed by atoms with Crippen molar-refractivity contribution in [3.8, 4) is 0 Å². The van der Waals surface area contributed by atoms with Crippen molar-refractivity contribution in [2.75, 3.05) is 0 Å². The van der Waals surface area contributed by atoms with Crippen LogP contribution >= 0.6 is 0 Å². The van der Waals surface area contributed by atoms with Gasteiger partial charge in [0.05, 0.1) is 0 Å². The molecule has 1 heteroatoms. The average Bonchev–Trinajstić information content (AvgIpc) is 2.16. The van der Waals surface area contributed by atoms with Crippen molar-refractivity contribution in [3.63, 3.8) is 0 Å². The van der Waals surface area contributed by atoms with Gasteiger partial charge in [-0.2, -0.15) is 0 Å². The van der Waals surface area contributed by atoms with Gasteiger partial charge in [0.25, 0.3) is 0 Å². The molecule has 0 aliphatic carbocycles. The summed E-state index contributed by atoms with van der Waals surface area (Å²) < 4.78 is 0. The van der Waals surface area contributed by atoms with Gasteiger partial charge in [-0.05, 0) is 34.4 Å². The topological polar surface area (TPSA) is 0 Å². The maximum absolute atomic E-state index is 2.36. The first-order valence-electron chi connectivity index (χ1n) is 6.06. The van der Waals surface area contributed by atoms with E-state index in [1.54, 1.807) is 0 Å². The Morgan fingerprint density at radius 2 is 0.750 bits per heavy atom. The molecule has 0 radical (unpaired) electrons. The summed E-state index contributed by atoms with van der Waals surface area (Å²) in [5.74, 6) is 1.88. The Hall–Kier alpha value is 0.856. The minimum absolute atomic E-state index is 0. The van der Waals surface area contributed by atoms with Gasteiger partial charge in [0, 0.05) is 0 Å². The van der Waals surface area contributed by atoms with Crippen LogP contribution in [-0.2, 0) is 0 Å². The van der Waals surface area contributed by atoms with Crippen molar-refractivity contribution in [3.05, 3.63) is 34.9 Å². The zero-order valence-electron chi connectivity index (χ0n) is 11.0. The second-order valence-corrected chi connectivity index (χ2v) is 5.40. The van der Waals surface area contributed by atoms with Crippen LogP contribution in [0, 0.1) is 0 Å². The average molecular weight is 244 g/mol. The summed E-state index contributed by atoms with van der Waals surface area (Å²) in [6.45, 7) is 13.6. The van der Waals surface area contributed by atoms with Gasteiger partial charge in [-0.1, -0.05) is 59.7 Å². The third-order valence-corrected chi connectivity index (χ3v) is 3.00. The van der Waals surface area contributed by atoms with E-state index in [0.29, 0.717) is 17.8 Å². The van der Waals surface area contributed by atoms with Crippen molar-refractivity contribution < 1.29 is 0 Å². The minimum atomic E-state index is 0. The molecular formula is C15H25K. The van der Waals surface area contributed by atoms with Gasteiger partial charge in [0.2, 0.25) is 0 Å². The molecule has 0 N–H and O–H groups in total. The standard InChI is InChI=1S/C15H24.K.H/c1-10(2)13-7-14(11(3)4)9-15(8-13)12(5)6;;/h7-12H,1-6H3;;. The predicted octanol–water partition coefficient (Wildman–Crippen LogP) is 4.41. The third kappa shape index (κ3) is 4.62. The zero-order chi connectivity index (χ0) is 11.6. The number of rotatable bonds is 3. The molecule has 0 atom stereocenters. The molecule has 1 rings (SSSR count). The first-order chi connectivity index (χ1) is 6.91. The molecule has 16 heavy (non-hydrogen) atoms. The van der Waals surface area contributed by atoms with E-state index in [-0.39, 0.29) is 51.4 Å². The van der Waals surface area contributed by atoms with Gasteiger partial charge in [0.1, 0.15) is 0 Å². The Labute approximate surface area is 144 Å². The molecule has 0 aromatic heterocycles. The Balaban J connectivity index is 0.00000225. The van der Waals surface area contributed by atoms with Gasteiger partial charge in [-0.15, -0.1) is 0 Å². The molecule has 0 saturated carbocycles. The van der Waals surface area contributed by atoms with Gasteiger partial charge < -0.3 is 0 Å². The summed E-state index contributed by atoms with van der Waals surface area (Å²) >= 11 is 0. The second kappa shape index (κ2) is 7.33. The van der Waals surface area contributed by atoms with Crippen molar-refractivity contribution in [2.45, 2.75) is 59.3 Å². The van der Waals surface area contributed by atoms with Gasteiger partial charge in [0.15, 0.2) is 0 Å². The summed E-state index contributed by atoms with van der Waals surface area (Å²) in [7, 11) is 0. The van der Waals surface area contributed by atoms with Crippen LogP contribution < -0.4 is 0 Å². The fourth-order valence-electron chi connectivity index (χ4n) is 1.70. The fourth-order valence-corrected chi connectivity index (χ4v) is 1.70. The van der Waals surface area contributed by atoms with Crippen LogP contribution in [0.5, 0.6) is 0 Å². The van der Waals surface area contributed by atoms with E-state index in [4.69, 9.17) is 0 Å². The van der Waals surface area contributed by atoms with E-state index in [1.807, 2.05) is 0 Å². The van der Waals surface area contributed by atoms with Gasteiger partial charge >= 0.3 is 51.4 Å². The predicted molar refractivity (Wildman–Crippen MR) is 75.9 cm³/mol. The quantitative estimate of drug-likeness (QED) is 0.691. The molecule has 0 heterocycles. The van der Waals surface area contributed by atoms with Gasteiger partial charge in [-0.25, -0.2) is 0 Å². The first kappa shape index (κ1) is 16.9. The van der Waals surface area contributed by atoms with E-state index in [9.17, 15) is 0 Å². The van der Waals surface area contributed by atoms with E-state index >= 15 is 0 Å². The maximum atomic E-state index is 2.36. The van der Waals surface area contributed by atoms with E-state index < -0.39 is 0 Å². The summed E-state index contributed by atoms with van der Waals surface area (Å²) in [6.07, 6.45) is 0. The number of hydrogen-bond acceptors (Lipinski definition) is 0. The van der Waals surface area contributed by atoms with Crippen LogP contribution in [-0.4, -0.2) is 51.4 Å². The van der Waals surface area contributed by atoms with Gasteiger partial charge in [-0.3, -0.25) is 0 Å². The molecule has 0 spiro atoms. The van der Waals surface area contributed by atoms with Crippen molar-refractivity contribution in [1.82, 2.24) is 0 Å². The molecule has 0 aliphatic heterocycles. The molecule has 0 nitrogen and oxygen atoms in total. The Morgan fingerprint density at radius 3 is 0.875 bits per heavy atom. The van der Waals surface area contributed by atoms with Crippen LogP contribution in [0.3, 0.4) is 0 Å². The molecule has 1 aromatic rings. The van der Waals surface area contributed by atoms with Crippen LogP contribution in [0.25, 0.3) is 0 Å². The van der Waals surface area contributed by atoms with Crippen LogP contribution in [0.1, 0.15) is 76.0 Å². The normalized spacial score (nSPS) is 11.1. The second-order valence-electron chi connectivity index (χ2n) is 5.40. The Morgan fingerprint density at radius 1 is 0.562 bits per heavy atom. The molecule has 0 amide bonds. The summed E-state index contributed by atoms with van der Waals surface area (Å²) in [5, 5.41) is 0. The molecule has 1 aromatic carbocycles. The molecule has 0 aliphatic rings. The van der Waals surface area contributed by atoms with Crippen molar-refractivity contribution >= 4 is 51.4 Å². The van der Waals surface area contributed by atoms with Crippen LogP contribution in [0.2, 0.25) is 0 Å². The van der Waals surface area contributed by atoms with E-state index in [0.717, 1.165) is 0 Å². The van der Waals surface area contributed by atoms with Crippen molar-refractivity contribution in [1.29, 1.82) is 0 Å². The number of benzene rings is 1. The first-order valence-corrected chi connectivity index (χ1v) is 6.06. The summed E-state index contributed by atoms with van der Waals surface area (Å²) in [4.78, 5) is 0. The number of hydrogen-bond donors (Lipinski definition) is 0. The van der Waals surface area contributed by atoms with E-state index in [1.165, 1.54) is 16.7 Å². The summed E-state index contributed by atoms with van der Waals surface area (Å²) in [6, 6.07) is 7.09. The Bertz CT molecular complexity index is 259. The SMILES string of the molecule is CC(C)c1cc(C(C)C)cc(C(C)C)c1.[KH]. The van der Waals surface area contributed by atoms with Crippen LogP contribution in [0.4, 0.5) is 0 Å². The molecule has 0 bridgehead atoms. The molecule has 0 saturated heterocycles. The summed E-state index contributed by atoms with van der Waals surface area (Å²) in [5.41, 5.74) is 4.43. The third-order valence-electron chi connectivity index (χ3n) is 3.00. The molecular weight excluding hydrogens is 219 g/mol. The van der Waals surface area contributed by atoms with Crippen molar-refractivity contribution in [2.24, 2.45) is 0 Å². The fraction of sp³-hybridized carbons (Fsp3) is 0.600. The van der Waals surface area contributed by atoms with Crippen LogP contribution in [0.15, 0.2) is 18.2 Å². The zero-order valence-corrected chi connectivity index (χ0v) is 11.0. The molecule has 0 fully saturated rings. The van der Waals surface area contributed by atoms with E-state index in [2.05, 4.69) is 59.7 Å². The molecule has 86 valence electrons. The Kier molecular flexibility index (Phi) is 7.72. The molecule has 0 unspecified atom stereocenters. The monoisotopic (exact) mass is 244 g/mol.